The summed E-state index contributed by atoms with van der Waals surface area (Å²) in [6, 6.07) is 8.89. The summed E-state index contributed by atoms with van der Waals surface area (Å²) in [5.41, 5.74) is 5.71. The van der Waals surface area contributed by atoms with Crippen LogP contribution in [0.2, 0.25) is 0 Å². The van der Waals surface area contributed by atoms with Crippen LogP contribution >= 0.6 is 0 Å². The van der Waals surface area contributed by atoms with Gasteiger partial charge in [-0.15, -0.1) is 0 Å². The summed E-state index contributed by atoms with van der Waals surface area (Å²) in [5, 5.41) is 11.4. The number of aliphatic hydroxyl groups excluding tert-OH is 1. The maximum atomic E-state index is 13.4. The largest absolute Gasteiger partial charge is 0.388 e. The summed E-state index contributed by atoms with van der Waals surface area (Å²) in [7, 11) is 0. The maximum absolute atomic E-state index is 13.4. The third kappa shape index (κ3) is 5.54. The molecular weight excluding hydrogens is 428 g/mol. The minimum atomic E-state index is -0.520. The van der Waals surface area contributed by atoms with Crippen LogP contribution in [0.15, 0.2) is 83.5 Å². The minimum absolute atomic E-state index is 0.156. The van der Waals surface area contributed by atoms with E-state index < -0.39 is 6.10 Å². The van der Waals surface area contributed by atoms with Crippen LogP contribution in [-0.2, 0) is 16.6 Å². The molecule has 3 aliphatic rings. The van der Waals surface area contributed by atoms with Crippen molar-refractivity contribution >= 4 is 5.78 Å². The van der Waals surface area contributed by atoms with Gasteiger partial charge in [-0.2, -0.15) is 0 Å². The monoisotopic (exact) mass is 470 g/mol. The first-order chi connectivity index (χ1) is 16.5. The Morgan fingerprint density at radius 3 is 2.14 bits per heavy atom. The van der Waals surface area contributed by atoms with Crippen LogP contribution in [0.25, 0.3) is 0 Å². The van der Waals surface area contributed by atoms with Gasteiger partial charge in [0.1, 0.15) is 0 Å². The zero-order valence-electron chi connectivity index (χ0n) is 22.2. The van der Waals surface area contributed by atoms with E-state index in [2.05, 4.69) is 65.0 Å². The third-order valence-electron chi connectivity index (χ3n) is 8.75. The van der Waals surface area contributed by atoms with E-state index in [4.69, 9.17) is 0 Å². The lowest BCUT2D eigenvalue weighted by molar-refractivity contribution is -0.129. The van der Waals surface area contributed by atoms with Gasteiger partial charge in [-0.05, 0) is 91.0 Å². The Hall–Kier alpha value is -2.45. The molecule has 0 saturated heterocycles. The second kappa shape index (κ2) is 9.90. The van der Waals surface area contributed by atoms with Crippen molar-refractivity contribution in [2.75, 3.05) is 0 Å². The molecule has 0 aromatic heterocycles. The highest BCUT2D eigenvalue weighted by atomic mass is 16.3. The molecule has 0 amide bonds. The van der Waals surface area contributed by atoms with Crippen LogP contribution in [-0.4, -0.2) is 17.0 Å². The molecule has 4 rings (SSSR count). The topological polar surface area (TPSA) is 37.3 Å². The van der Waals surface area contributed by atoms with Crippen molar-refractivity contribution in [1.82, 2.24) is 0 Å². The van der Waals surface area contributed by atoms with Crippen molar-refractivity contribution in [1.29, 1.82) is 0 Å². The third-order valence-corrected chi connectivity index (χ3v) is 8.75. The van der Waals surface area contributed by atoms with E-state index in [0.717, 1.165) is 56.1 Å². The number of hydrogen-bond acceptors (Lipinski definition) is 2. The molecule has 1 spiro atoms. The average molecular weight is 471 g/mol. The first-order valence-corrected chi connectivity index (χ1v) is 13.3. The van der Waals surface area contributed by atoms with Crippen molar-refractivity contribution in [3.8, 4) is 0 Å². The molecule has 1 N–H and O–H groups in total. The van der Waals surface area contributed by atoms with E-state index in [0.29, 0.717) is 5.78 Å². The molecule has 1 aromatic carbocycles. The van der Waals surface area contributed by atoms with Gasteiger partial charge in [-0.1, -0.05) is 94.0 Å². The molecule has 1 aromatic rings. The van der Waals surface area contributed by atoms with E-state index in [9.17, 15) is 9.90 Å². The summed E-state index contributed by atoms with van der Waals surface area (Å²) < 4.78 is 0. The highest BCUT2D eigenvalue weighted by molar-refractivity contribution is 5.96. The summed E-state index contributed by atoms with van der Waals surface area (Å²) in [4.78, 5) is 13.4. The first kappa shape index (κ1) is 25.6. The molecule has 2 heteroatoms. The van der Waals surface area contributed by atoms with Crippen molar-refractivity contribution in [2.45, 2.75) is 91.1 Å². The van der Waals surface area contributed by atoms with Crippen LogP contribution in [0.4, 0.5) is 0 Å². The maximum Gasteiger partial charge on any atom is 0.161 e. The number of aliphatic hydroxyl groups is 1. The second-order valence-corrected chi connectivity index (χ2v) is 12.4. The normalized spacial score (nSPS) is 28.2. The number of carbonyl (C=O) groups excluding carboxylic acids is 1. The van der Waals surface area contributed by atoms with Crippen LogP contribution < -0.4 is 0 Å². The van der Waals surface area contributed by atoms with Gasteiger partial charge >= 0.3 is 0 Å². The van der Waals surface area contributed by atoms with Gasteiger partial charge in [0.25, 0.3) is 0 Å². The smallest absolute Gasteiger partial charge is 0.161 e. The van der Waals surface area contributed by atoms with Crippen LogP contribution in [0.5, 0.6) is 0 Å². The summed E-state index contributed by atoms with van der Waals surface area (Å²) in [6.07, 6.45) is 19.9. The van der Waals surface area contributed by atoms with Crippen LogP contribution in [0.3, 0.4) is 0 Å². The average Bonchev–Trinajstić information content (AvgIpc) is 2.80. The summed E-state index contributed by atoms with van der Waals surface area (Å²) >= 11 is 0. The van der Waals surface area contributed by atoms with Gasteiger partial charge in [0.2, 0.25) is 0 Å². The summed E-state index contributed by atoms with van der Waals surface area (Å²) in [6.45, 7) is 11.0. The zero-order chi connectivity index (χ0) is 25.3. The van der Waals surface area contributed by atoms with E-state index in [1.54, 1.807) is 0 Å². The summed E-state index contributed by atoms with van der Waals surface area (Å²) in [5.74, 6) is 0.316. The predicted octanol–water partition coefficient (Wildman–Crippen LogP) is 7.74. The number of rotatable bonds is 4. The molecule has 0 heterocycles. The van der Waals surface area contributed by atoms with Crippen LogP contribution in [0.1, 0.15) is 84.3 Å². The predicted molar refractivity (Wildman–Crippen MR) is 146 cm³/mol. The van der Waals surface area contributed by atoms with Gasteiger partial charge in [0.05, 0.1) is 6.10 Å². The van der Waals surface area contributed by atoms with Crippen LogP contribution in [0, 0.1) is 10.8 Å². The van der Waals surface area contributed by atoms with E-state index in [-0.39, 0.29) is 16.2 Å². The molecule has 1 saturated carbocycles. The molecule has 1 atom stereocenters. The van der Waals surface area contributed by atoms with Gasteiger partial charge in [0, 0.05) is 5.41 Å². The Kier molecular flexibility index (Phi) is 7.25. The molecule has 35 heavy (non-hydrogen) atoms. The quantitative estimate of drug-likeness (QED) is 0.488. The highest BCUT2D eigenvalue weighted by Crippen LogP contribution is 2.53. The molecule has 186 valence electrons. The van der Waals surface area contributed by atoms with Crippen molar-refractivity contribution in [3.05, 3.63) is 94.6 Å². The second-order valence-electron chi connectivity index (χ2n) is 12.4. The Morgan fingerprint density at radius 2 is 1.54 bits per heavy atom. The fourth-order valence-corrected chi connectivity index (χ4v) is 5.92. The van der Waals surface area contributed by atoms with Gasteiger partial charge in [-0.3, -0.25) is 4.79 Å². The van der Waals surface area contributed by atoms with Gasteiger partial charge in [0.15, 0.2) is 5.78 Å². The lowest BCUT2D eigenvalue weighted by Crippen LogP contribution is -2.44. The fourth-order valence-electron chi connectivity index (χ4n) is 5.92. The van der Waals surface area contributed by atoms with Crippen molar-refractivity contribution < 1.29 is 9.90 Å². The Labute approximate surface area is 212 Å². The zero-order valence-corrected chi connectivity index (χ0v) is 22.2. The number of ketones is 1. The fraction of sp³-hybridized carbons (Fsp3) is 0.485. The lowest BCUT2D eigenvalue weighted by atomic mass is 9.57. The molecule has 1 unspecified atom stereocenters. The van der Waals surface area contributed by atoms with E-state index in [1.807, 2.05) is 36.5 Å². The molecular formula is C33H42O2. The minimum Gasteiger partial charge on any atom is -0.388 e. The Morgan fingerprint density at radius 1 is 0.914 bits per heavy atom. The van der Waals surface area contributed by atoms with Gasteiger partial charge < -0.3 is 5.11 Å². The SMILES string of the molecule is CC1=C(C(O)C2(C)CCC3(CCC(Cc4ccc(C(C)(C)C)cc4)=CC3=O)CC2)C=CC=CC=C1. The number of benzene rings is 1. The Balaban J connectivity index is 1.42. The number of carbonyl (C=O) groups is 1. The number of hydrogen-bond donors (Lipinski definition) is 1. The molecule has 1 fully saturated rings. The van der Waals surface area contributed by atoms with E-state index in [1.165, 1.54) is 16.7 Å². The first-order valence-electron chi connectivity index (χ1n) is 13.3. The lowest BCUT2D eigenvalue weighted by Gasteiger charge is -2.47. The van der Waals surface area contributed by atoms with Crippen molar-refractivity contribution in [3.63, 3.8) is 0 Å². The standard InChI is InChI=1S/C33H42O2/c1-24-10-8-6-7-9-11-28(24)30(35)32(5)18-20-33(21-19-32)17-16-26(23-29(33)34)22-25-12-14-27(15-13-25)31(2,3)4/h6-15,23,30,35H,16-22H2,1-5H3. The van der Waals surface area contributed by atoms with E-state index >= 15 is 0 Å². The highest BCUT2D eigenvalue weighted by Gasteiger charge is 2.48. The molecule has 0 aliphatic heterocycles. The molecule has 0 radical (unpaired) electrons. The van der Waals surface area contributed by atoms with Crippen molar-refractivity contribution in [2.24, 2.45) is 10.8 Å². The molecule has 0 bridgehead atoms. The van der Waals surface area contributed by atoms with Gasteiger partial charge in [-0.25, -0.2) is 0 Å². The number of allylic oxidation sites excluding steroid dienone is 8. The molecule has 3 aliphatic carbocycles. The molecule has 2 nitrogen and oxygen atoms in total. The Bertz CT molecular complexity index is 1090.